The van der Waals surface area contributed by atoms with E-state index < -0.39 is 0 Å². The molecule has 0 atom stereocenters. The SMILES string of the molecule is CCN(C(=O)NCCc1ccccc1)c1n[nH]c(=S)s1. The van der Waals surface area contributed by atoms with Crippen LogP contribution in [0.4, 0.5) is 9.93 Å². The summed E-state index contributed by atoms with van der Waals surface area (Å²) in [7, 11) is 0. The van der Waals surface area contributed by atoms with Crippen LogP contribution in [0.1, 0.15) is 12.5 Å². The predicted octanol–water partition coefficient (Wildman–Crippen LogP) is 2.98. The Labute approximate surface area is 126 Å². The summed E-state index contributed by atoms with van der Waals surface area (Å²) in [6.07, 6.45) is 0.806. The van der Waals surface area contributed by atoms with Gasteiger partial charge in [-0.2, -0.15) is 0 Å². The van der Waals surface area contributed by atoms with E-state index in [4.69, 9.17) is 12.2 Å². The normalized spacial score (nSPS) is 10.2. The highest BCUT2D eigenvalue weighted by molar-refractivity contribution is 7.73. The second-order valence-electron chi connectivity index (χ2n) is 4.11. The lowest BCUT2D eigenvalue weighted by atomic mass is 10.1. The highest BCUT2D eigenvalue weighted by Crippen LogP contribution is 2.17. The molecule has 0 aliphatic heterocycles. The molecule has 0 aliphatic rings. The van der Waals surface area contributed by atoms with Gasteiger partial charge in [0.15, 0.2) is 3.95 Å². The Balaban J connectivity index is 1.88. The molecule has 106 valence electrons. The van der Waals surface area contributed by atoms with Crippen LogP contribution in [0.15, 0.2) is 30.3 Å². The van der Waals surface area contributed by atoms with Crippen molar-refractivity contribution in [2.45, 2.75) is 13.3 Å². The molecule has 2 N–H and O–H groups in total. The van der Waals surface area contributed by atoms with E-state index in [1.807, 2.05) is 37.3 Å². The number of nitrogens with zero attached hydrogens (tertiary/aromatic N) is 2. The van der Waals surface area contributed by atoms with Crippen molar-refractivity contribution >= 4 is 34.7 Å². The lowest BCUT2D eigenvalue weighted by molar-refractivity contribution is 0.246. The second-order valence-corrected chi connectivity index (χ2v) is 5.75. The van der Waals surface area contributed by atoms with E-state index in [1.54, 1.807) is 4.90 Å². The van der Waals surface area contributed by atoms with Gasteiger partial charge in [-0.15, -0.1) is 5.10 Å². The summed E-state index contributed by atoms with van der Waals surface area (Å²) in [6.45, 7) is 3.05. The monoisotopic (exact) mass is 308 g/mol. The first-order valence-electron chi connectivity index (χ1n) is 6.35. The van der Waals surface area contributed by atoms with Crippen LogP contribution >= 0.6 is 23.6 Å². The van der Waals surface area contributed by atoms with E-state index >= 15 is 0 Å². The maximum Gasteiger partial charge on any atom is 0.323 e. The average molecular weight is 308 g/mol. The maximum atomic E-state index is 12.1. The number of anilines is 1. The van der Waals surface area contributed by atoms with E-state index in [0.717, 1.165) is 6.42 Å². The molecule has 20 heavy (non-hydrogen) atoms. The number of H-pyrrole nitrogens is 1. The average Bonchev–Trinajstić information content (AvgIpc) is 2.87. The molecule has 5 nitrogen and oxygen atoms in total. The fourth-order valence-corrected chi connectivity index (χ4v) is 2.70. The minimum Gasteiger partial charge on any atom is -0.337 e. The predicted molar refractivity (Wildman–Crippen MR) is 83.9 cm³/mol. The minimum absolute atomic E-state index is 0.152. The van der Waals surface area contributed by atoms with Crippen molar-refractivity contribution in [3.63, 3.8) is 0 Å². The number of rotatable bonds is 5. The molecule has 7 heteroatoms. The van der Waals surface area contributed by atoms with Crippen LogP contribution in [-0.2, 0) is 6.42 Å². The van der Waals surface area contributed by atoms with E-state index in [1.165, 1.54) is 16.9 Å². The lowest BCUT2D eigenvalue weighted by Crippen LogP contribution is -2.40. The van der Waals surface area contributed by atoms with E-state index in [2.05, 4.69) is 15.5 Å². The molecule has 0 bridgehead atoms. The molecular formula is C13H16N4OS2. The van der Waals surface area contributed by atoms with Gasteiger partial charge in [0.25, 0.3) is 0 Å². The summed E-state index contributed by atoms with van der Waals surface area (Å²) in [5.41, 5.74) is 1.20. The summed E-state index contributed by atoms with van der Waals surface area (Å²) in [5, 5.41) is 10.2. The first kappa shape index (κ1) is 14.7. The van der Waals surface area contributed by atoms with Crippen molar-refractivity contribution in [1.82, 2.24) is 15.5 Å². The van der Waals surface area contributed by atoms with Gasteiger partial charge in [0.2, 0.25) is 5.13 Å². The Bertz CT molecular complexity index is 608. The highest BCUT2D eigenvalue weighted by Gasteiger charge is 2.16. The summed E-state index contributed by atoms with van der Waals surface area (Å²) in [5.74, 6) is 0. The molecule has 1 aromatic carbocycles. The van der Waals surface area contributed by atoms with Crippen molar-refractivity contribution in [2.24, 2.45) is 0 Å². The summed E-state index contributed by atoms with van der Waals surface area (Å²) >= 11 is 6.27. The molecule has 0 fully saturated rings. The molecule has 2 aromatic rings. The molecule has 0 saturated heterocycles. The van der Waals surface area contributed by atoms with E-state index in [-0.39, 0.29) is 6.03 Å². The summed E-state index contributed by atoms with van der Waals surface area (Å²) < 4.78 is 0.565. The molecule has 2 rings (SSSR count). The number of aromatic amines is 1. The third-order valence-corrected chi connectivity index (χ3v) is 3.86. The van der Waals surface area contributed by atoms with Crippen LogP contribution in [0.2, 0.25) is 0 Å². The molecule has 0 spiro atoms. The van der Waals surface area contributed by atoms with E-state index in [0.29, 0.717) is 22.2 Å². The Morgan fingerprint density at radius 3 is 2.80 bits per heavy atom. The summed E-state index contributed by atoms with van der Waals surface area (Å²) in [4.78, 5) is 13.7. The third-order valence-electron chi connectivity index (χ3n) is 2.75. The van der Waals surface area contributed by atoms with Gasteiger partial charge < -0.3 is 5.32 Å². The lowest BCUT2D eigenvalue weighted by Gasteiger charge is -2.17. The number of nitrogens with one attached hydrogen (secondary N) is 2. The second kappa shape index (κ2) is 7.16. The minimum atomic E-state index is -0.152. The highest BCUT2D eigenvalue weighted by atomic mass is 32.1. The van der Waals surface area contributed by atoms with Crippen molar-refractivity contribution in [1.29, 1.82) is 0 Å². The number of carbonyl (C=O) groups excluding carboxylic acids is 1. The van der Waals surface area contributed by atoms with Gasteiger partial charge >= 0.3 is 6.03 Å². The maximum absolute atomic E-state index is 12.1. The van der Waals surface area contributed by atoms with Gasteiger partial charge in [0.1, 0.15) is 0 Å². The Morgan fingerprint density at radius 1 is 1.45 bits per heavy atom. The number of amides is 2. The van der Waals surface area contributed by atoms with Crippen LogP contribution < -0.4 is 10.2 Å². The number of urea groups is 1. The van der Waals surface area contributed by atoms with E-state index in [9.17, 15) is 4.79 Å². The number of aromatic nitrogens is 2. The van der Waals surface area contributed by atoms with Gasteiger partial charge in [0, 0.05) is 13.1 Å². The van der Waals surface area contributed by atoms with Gasteiger partial charge in [0.05, 0.1) is 0 Å². The molecular weight excluding hydrogens is 292 g/mol. The van der Waals surface area contributed by atoms with Crippen LogP contribution in [-0.4, -0.2) is 29.3 Å². The fraction of sp³-hybridized carbons (Fsp3) is 0.308. The van der Waals surface area contributed by atoms with Crippen LogP contribution in [0.3, 0.4) is 0 Å². The molecule has 1 aromatic heterocycles. The fourth-order valence-electron chi connectivity index (χ4n) is 1.76. The Kier molecular flexibility index (Phi) is 5.25. The third kappa shape index (κ3) is 3.88. The first-order valence-corrected chi connectivity index (χ1v) is 7.58. The van der Waals surface area contributed by atoms with Crippen LogP contribution in [0.25, 0.3) is 0 Å². The smallest absolute Gasteiger partial charge is 0.323 e. The number of carbonyl (C=O) groups is 1. The standard InChI is InChI=1S/C13H16N4OS2/c1-2-17(12-15-16-13(19)20-12)11(18)14-9-8-10-6-4-3-5-7-10/h3-7H,2,8-9H2,1H3,(H,14,18)(H,16,19). The number of hydrogen-bond donors (Lipinski definition) is 2. The molecule has 0 saturated carbocycles. The zero-order valence-corrected chi connectivity index (χ0v) is 12.8. The van der Waals surface area contributed by atoms with Crippen molar-refractivity contribution < 1.29 is 4.79 Å². The van der Waals surface area contributed by atoms with Crippen LogP contribution in [0, 0.1) is 3.95 Å². The van der Waals surface area contributed by atoms with Gasteiger partial charge in [-0.25, -0.2) is 4.79 Å². The first-order chi connectivity index (χ1) is 9.70. The molecule has 1 heterocycles. The van der Waals surface area contributed by atoms with Gasteiger partial charge in [-0.05, 0) is 31.1 Å². The molecule has 0 unspecified atom stereocenters. The molecule has 0 aliphatic carbocycles. The molecule has 2 amide bonds. The largest absolute Gasteiger partial charge is 0.337 e. The summed E-state index contributed by atoms with van der Waals surface area (Å²) in [6, 6.07) is 9.90. The number of benzene rings is 1. The quantitative estimate of drug-likeness (QED) is 0.835. The van der Waals surface area contributed by atoms with Crippen LogP contribution in [0.5, 0.6) is 0 Å². The Morgan fingerprint density at radius 2 is 2.20 bits per heavy atom. The van der Waals surface area contributed by atoms with Crippen molar-refractivity contribution in [3.05, 3.63) is 39.8 Å². The van der Waals surface area contributed by atoms with Crippen molar-refractivity contribution in [2.75, 3.05) is 18.0 Å². The number of hydrogen-bond acceptors (Lipinski definition) is 4. The Hall–Kier alpha value is -1.73. The van der Waals surface area contributed by atoms with Gasteiger partial charge in [-0.1, -0.05) is 41.7 Å². The molecule has 0 radical (unpaired) electrons. The zero-order chi connectivity index (χ0) is 14.4. The topological polar surface area (TPSA) is 61.0 Å². The van der Waals surface area contributed by atoms with Crippen molar-refractivity contribution in [3.8, 4) is 0 Å². The van der Waals surface area contributed by atoms with Gasteiger partial charge in [-0.3, -0.25) is 10.00 Å². The zero-order valence-electron chi connectivity index (χ0n) is 11.1.